The van der Waals surface area contributed by atoms with E-state index in [-0.39, 0.29) is 5.24 Å². The molecule has 0 radical (unpaired) electrons. The summed E-state index contributed by atoms with van der Waals surface area (Å²) in [6.07, 6.45) is 4.94. The van der Waals surface area contributed by atoms with Crippen LogP contribution in [0.5, 0.6) is 0 Å². The quantitative estimate of drug-likeness (QED) is 0.570. The molecule has 0 aromatic rings. The average Bonchev–Trinajstić information content (AvgIpc) is 1.82. The van der Waals surface area contributed by atoms with Crippen molar-refractivity contribution in [3.63, 3.8) is 0 Å². The normalized spacial score (nSPS) is 10.8. The monoisotopic (exact) mass is 149 g/mol. The van der Waals surface area contributed by atoms with Crippen LogP contribution in [-0.2, 0) is 0 Å². The molecule has 1 N–H and O–H groups in total. The van der Waals surface area contributed by atoms with Crippen LogP contribution in [0.25, 0.3) is 0 Å². The van der Waals surface area contributed by atoms with Gasteiger partial charge in [-0.05, 0) is 18.9 Å². The second-order valence-electron chi connectivity index (χ2n) is 2.13. The van der Waals surface area contributed by atoms with Gasteiger partial charge in [0.25, 0.3) is 5.24 Å². The van der Waals surface area contributed by atoms with Crippen LogP contribution in [0, 0.1) is 0 Å². The summed E-state index contributed by atoms with van der Waals surface area (Å²) < 4.78 is 0. The second-order valence-corrected chi connectivity index (χ2v) is 4.32. The zero-order valence-electron chi connectivity index (χ0n) is 6.27. The molecular formula is C6H15NOS. The molecule has 9 heavy (non-hydrogen) atoms. The van der Waals surface area contributed by atoms with Crippen LogP contribution in [0.1, 0.15) is 13.3 Å². The van der Waals surface area contributed by atoms with Crippen LogP contribution >= 0.6 is 10.9 Å². The van der Waals surface area contributed by atoms with E-state index in [1.807, 2.05) is 19.4 Å². The van der Waals surface area contributed by atoms with Gasteiger partial charge >= 0.3 is 0 Å². The van der Waals surface area contributed by atoms with Crippen molar-refractivity contribution in [2.24, 2.45) is 0 Å². The molecule has 1 amide bonds. The van der Waals surface area contributed by atoms with E-state index < -0.39 is 10.9 Å². The molecule has 2 nitrogen and oxygen atoms in total. The molecule has 0 spiro atoms. The van der Waals surface area contributed by atoms with Crippen molar-refractivity contribution >= 4 is 16.1 Å². The Kier molecular flexibility index (Phi) is 4.58. The molecule has 0 atom stereocenters. The third-order valence-corrected chi connectivity index (χ3v) is 1.90. The SMILES string of the molecule is CCCNC(=O)[SH](C)C. The maximum Gasteiger partial charge on any atom is 0.258 e. The minimum atomic E-state index is -0.423. The van der Waals surface area contributed by atoms with E-state index in [1.165, 1.54) is 0 Å². The van der Waals surface area contributed by atoms with Gasteiger partial charge in [-0.15, -0.1) is 0 Å². The van der Waals surface area contributed by atoms with Gasteiger partial charge in [-0.2, -0.15) is 10.9 Å². The summed E-state index contributed by atoms with van der Waals surface area (Å²) in [5, 5.41) is 3.04. The Labute approximate surface area is 59.4 Å². The van der Waals surface area contributed by atoms with Gasteiger partial charge < -0.3 is 5.32 Å². The zero-order chi connectivity index (χ0) is 7.28. The fourth-order valence-electron chi connectivity index (χ4n) is 0.390. The highest BCUT2D eigenvalue weighted by atomic mass is 32.2. The Morgan fingerprint density at radius 2 is 2.11 bits per heavy atom. The fourth-order valence-corrected chi connectivity index (χ4v) is 0.818. The summed E-state index contributed by atoms with van der Waals surface area (Å²) in [7, 11) is -0.423. The van der Waals surface area contributed by atoms with Crippen LogP contribution in [-0.4, -0.2) is 24.3 Å². The third-order valence-electron chi connectivity index (χ3n) is 0.932. The number of rotatable bonds is 2. The molecule has 0 unspecified atom stereocenters. The predicted molar refractivity (Wildman–Crippen MR) is 44.5 cm³/mol. The zero-order valence-corrected chi connectivity index (χ0v) is 7.16. The Bertz CT molecular complexity index is 93.1. The number of hydrogen-bond acceptors (Lipinski definition) is 1. The van der Waals surface area contributed by atoms with Crippen LogP contribution in [0.2, 0.25) is 0 Å². The van der Waals surface area contributed by atoms with Crippen LogP contribution in [0.15, 0.2) is 0 Å². The molecule has 0 fully saturated rings. The van der Waals surface area contributed by atoms with Gasteiger partial charge in [0.15, 0.2) is 0 Å². The van der Waals surface area contributed by atoms with E-state index in [2.05, 4.69) is 5.32 Å². The van der Waals surface area contributed by atoms with Crippen molar-refractivity contribution in [1.29, 1.82) is 0 Å². The smallest absolute Gasteiger partial charge is 0.258 e. The number of amides is 1. The summed E-state index contributed by atoms with van der Waals surface area (Å²) in [4.78, 5) is 10.8. The Morgan fingerprint density at radius 1 is 1.56 bits per heavy atom. The topological polar surface area (TPSA) is 29.1 Å². The van der Waals surface area contributed by atoms with Crippen molar-refractivity contribution in [2.75, 3.05) is 19.1 Å². The molecule has 0 saturated carbocycles. The predicted octanol–water partition coefficient (Wildman–Crippen LogP) is 1.37. The summed E-state index contributed by atoms with van der Waals surface area (Å²) >= 11 is 0. The summed E-state index contributed by atoms with van der Waals surface area (Å²) in [5.41, 5.74) is 0. The molecule has 56 valence electrons. The van der Waals surface area contributed by atoms with Crippen molar-refractivity contribution < 1.29 is 4.79 Å². The molecule has 0 bridgehead atoms. The first-order valence-electron chi connectivity index (χ1n) is 3.13. The van der Waals surface area contributed by atoms with E-state index in [1.54, 1.807) is 0 Å². The van der Waals surface area contributed by atoms with Gasteiger partial charge in [0.05, 0.1) is 0 Å². The molecule has 0 rings (SSSR count). The van der Waals surface area contributed by atoms with Gasteiger partial charge in [-0.1, -0.05) is 6.92 Å². The highest BCUT2D eigenvalue weighted by molar-refractivity contribution is 8.28. The van der Waals surface area contributed by atoms with E-state index >= 15 is 0 Å². The van der Waals surface area contributed by atoms with Gasteiger partial charge in [-0.3, -0.25) is 4.79 Å². The largest absolute Gasteiger partial charge is 0.348 e. The minimum Gasteiger partial charge on any atom is -0.348 e. The number of nitrogens with one attached hydrogen (secondary N) is 1. The lowest BCUT2D eigenvalue weighted by Crippen LogP contribution is -2.21. The van der Waals surface area contributed by atoms with Gasteiger partial charge in [0, 0.05) is 6.54 Å². The van der Waals surface area contributed by atoms with Crippen LogP contribution < -0.4 is 5.32 Å². The van der Waals surface area contributed by atoms with E-state index in [9.17, 15) is 4.79 Å². The highest BCUT2D eigenvalue weighted by Gasteiger charge is 1.98. The first kappa shape index (κ1) is 8.82. The fraction of sp³-hybridized carbons (Fsp3) is 0.833. The highest BCUT2D eigenvalue weighted by Crippen LogP contribution is 2.12. The van der Waals surface area contributed by atoms with E-state index in [4.69, 9.17) is 0 Å². The molecular weight excluding hydrogens is 134 g/mol. The number of carbonyl (C=O) groups is 1. The Morgan fingerprint density at radius 3 is 2.44 bits per heavy atom. The Hall–Kier alpha value is -0.180. The lowest BCUT2D eigenvalue weighted by molar-refractivity contribution is 0.260. The molecule has 0 aromatic carbocycles. The molecule has 3 heteroatoms. The van der Waals surface area contributed by atoms with E-state index in [0.29, 0.717) is 0 Å². The first-order valence-corrected chi connectivity index (χ1v) is 5.37. The number of thiol groups is 1. The second kappa shape index (κ2) is 4.68. The molecule has 0 aliphatic rings. The van der Waals surface area contributed by atoms with Crippen LogP contribution in [0.4, 0.5) is 4.79 Å². The van der Waals surface area contributed by atoms with Crippen LogP contribution in [0.3, 0.4) is 0 Å². The van der Waals surface area contributed by atoms with Crippen molar-refractivity contribution in [1.82, 2.24) is 5.32 Å². The molecule has 0 saturated heterocycles. The molecule has 0 aliphatic heterocycles. The minimum absolute atomic E-state index is 0.215. The van der Waals surface area contributed by atoms with Gasteiger partial charge in [0.1, 0.15) is 0 Å². The summed E-state index contributed by atoms with van der Waals surface area (Å²) in [6, 6.07) is 0. The van der Waals surface area contributed by atoms with Gasteiger partial charge in [-0.25, -0.2) is 0 Å². The molecule has 0 aliphatic carbocycles. The summed E-state index contributed by atoms with van der Waals surface area (Å²) in [5.74, 6) is 0. The van der Waals surface area contributed by atoms with E-state index in [0.717, 1.165) is 13.0 Å². The number of carbonyl (C=O) groups excluding carboxylic acids is 1. The lowest BCUT2D eigenvalue weighted by atomic mass is 10.5. The van der Waals surface area contributed by atoms with Crippen molar-refractivity contribution in [2.45, 2.75) is 13.3 Å². The summed E-state index contributed by atoms with van der Waals surface area (Å²) in [6.45, 7) is 2.87. The molecule has 0 heterocycles. The Balaban J connectivity index is 3.28. The third kappa shape index (κ3) is 4.33. The standard InChI is InChI=1S/C6H15NOS/c1-4-5-7-6(8)9(2)3/h9H,4-5H2,1-3H3,(H,7,8). The maximum absolute atomic E-state index is 10.8. The lowest BCUT2D eigenvalue weighted by Gasteiger charge is -2.07. The maximum atomic E-state index is 10.8. The number of hydrogen-bond donors (Lipinski definition) is 2. The molecule has 0 aromatic heterocycles. The van der Waals surface area contributed by atoms with Crippen molar-refractivity contribution in [3.05, 3.63) is 0 Å². The van der Waals surface area contributed by atoms with Crippen molar-refractivity contribution in [3.8, 4) is 0 Å². The first-order chi connectivity index (χ1) is 4.18. The van der Waals surface area contributed by atoms with Gasteiger partial charge in [0.2, 0.25) is 0 Å². The average molecular weight is 149 g/mol.